The lowest BCUT2D eigenvalue weighted by molar-refractivity contribution is 0.476. The number of hydrogen-bond acceptors (Lipinski definition) is 3. The van der Waals surface area contributed by atoms with Gasteiger partial charge < -0.3 is 5.11 Å². The van der Waals surface area contributed by atoms with Gasteiger partial charge in [-0.15, -0.1) is 0 Å². The van der Waals surface area contributed by atoms with Crippen LogP contribution in [0.5, 0.6) is 5.75 Å². The molecule has 0 atom stereocenters. The van der Waals surface area contributed by atoms with Crippen molar-refractivity contribution in [1.29, 1.82) is 5.26 Å². The molecular formula is C16H9FN2O. The zero-order chi connectivity index (χ0) is 14.1. The smallest absolute Gasteiger partial charge is 0.134 e. The quantitative estimate of drug-likeness (QED) is 0.730. The second-order valence-electron chi connectivity index (χ2n) is 4.38. The van der Waals surface area contributed by atoms with Gasteiger partial charge in [-0.2, -0.15) is 5.26 Å². The number of phenols is 1. The Balaban J connectivity index is 2.17. The second-order valence-corrected chi connectivity index (χ2v) is 4.38. The van der Waals surface area contributed by atoms with Gasteiger partial charge in [0.1, 0.15) is 11.6 Å². The number of pyridine rings is 1. The SMILES string of the molecule is N#Cc1ccc(-c2cc(F)c3cc(O)ccc3n2)cc1. The minimum Gasteiger partial charge on any atom is -0.508 e. The molecule has 4 heteroatoms. The Morgan fingerprint density at radius 2 is 1.80 bits per heavy atom. The number of rotatable bonds is 1. The summed E-state index contributed by atoms with van der Waals surface area (Å²) in [4.78, 5) is 4.37. The number of phenolic OH excluding ortho intramolecular Hbond substituents is 1. The summed E-state index contributed by atoms with van der Waals surface area (Å²) in [5, 5.41) is 18.4. The van der Waals surface area contributed by atoms with Crippen LogP contribution in [0.15, 0.2) is 48.5 Å². The number of hydrogen-bond donors (Lipinski definition) is 1. The Bertz CT molecular complexity index is 835. The first-order valence-corrected chi connectivity index (χ1v) is 5.97. The lowest BCUT2D eigenvalue weighted by atomic mass is 10.1. The highest BCUT2D eigenvalue weighted by atomic mass is 19.1. The normalized spacial score (nSPS) is 10.4. The molecule has 3 rings (SSSR count). The van der Waals surface area contributed by atoms with Crippen LogP contribution in [0.3, 0.4) is 0 Å². The topological polar surface area (TPSA) is 56.9 Å². The van der Waals surface area contributed by atoms with Gasteiger partial charge in [-0.3, -0.25) is 0 Å². The number of nitrogens with zero attached hydrogens (tertiary/aromatic N) is 2. The van der Waals surface area contributed by atoms with Gasteiger partial charge in [-0.1, -0.05) is 12.1 Å². The summed E-state index contributed by atoms with van der Waals surface area (Å²) in [6.45, 7) is 0. The molecule has 0 unspecified atom stereocenters. The van der Waals surface area contributed by atoms with Crippen molar-refractivity contribution in [3.05, 3.63) is 59.9 Å². The molecule has 3 aromatic rings. The summed E-state index contributed by atoms with van der Waals surface area (Å²) in [6.07, 6.45) is 0. The van der Waals surface area contributed by atoms with Gasteiger partial charge in [-0.05, 0) is 30.3 Å². The van der Waals surface area contributed by atoms with Crippen LogP contribution >= 0.6 is 0 Å². The maximum absolute atomic E-state index is 14.1. The fraction of sp³-hybridized carbons (Fsp3) is 0. The number of halogens is 1. The van der Waals surface area contributed by atoms with E-state index < -0.39 is 5.82 Å². The molecule has 0 aliphatic rings. The third kappa shape index (κ3) is 2.06. The molecule has 0 spiro atoms. The number of benzene rings is 2. The van der Waals surface area contributed by atoms with Gasteiger partial charge in [0.15, 0.2) is 0 Å². The molecule has 0 fully saturated rings. The number of aromatic hydroxyl groups is 1. The summed E-state index contributed by atoms with van der Waals surface area (Å²) in [5.41, 5.74) is 2.24. The van der Waals surface area contributed by atoms with Crippen molar-refractivity contribution < 1.29 is 9.50 Å². The third-order valence-electron chi connectivity index (χ3n) is 3.05. The average molecular weight is 264 g/mol. The van der Waals surface area contributed by atoms with Gasteiger partial charge >= 0.3 is 0 Å². The molecule has 0 bridgehead atoms. The Morgan fingerprint density at radius 1 is 1.05 bits per heavy atom. The molecule has 0 aliphatic carbocycles. The monoisotopic (exact) mass is 264 g/mol. The maximum Gasteiger partial charge on any atom is 0.134 e. The first-order chi connectivity index (χ1) is 9.67. The van der Waals surface area contributed by atoms with Crippen molar-refractivity contribution in [3.8, 4) is 23.1 Å². The van der Waals surface area contributed by atoms with E-state index in [0.717, 1.165) is 5.56 Å². The predicted molar refractivity (Wildman–Crippen MR) is 73.5 cm³/mol. The maximum atomic E-state index is 14.1. The second kappa shape index (κ2) is 4.63. The highest BCUT2D eigenvalue weighted by Gasteiger charge is 2.08. The summed E-state index contributed by atoms with van der Waals surface area (Å²) >= 11 is 0. The van der Waals surface area contributed by atoms with Crippen molar-refractivity contribution in [2.45, 2.75) is 0 Å². The van der Waals surface area contributed by atoms with E-state index in [1.165, 1.54) is 18.2 Å². The van der Waals surface area contributed by atoms with E-state index in [4.69, 9.17) is 5.26 Å². The summed E-state index contributed by atoms with van der Waals surface area (Å²) < 4.78 is 14.1. The Labute approximate surface area is 114 Å². The van der Waals surface area contributed by atoms with Crippen LogP contribution in [0.4, 0.5) is 4.39 Å². The lowest BCUT2D eigenvalue weighted by Crippen LogP contribution is -1.89. The standard InChI is InChI=1S/C16H9FN2O/c17-14-8-16(11-3-1-10(9-18)2-4-11)19-15-6-5-12(20)7-13(14)15/h1-8,20H. The lowest BCUT2D eigenvalue weighted by Gasteiger charge is -2.05. The van der Waals surface area contributed by atoms with Crippen LogP contribution in [0.1, 0.15) is 5.56 Å². The summed E-state index contributed by atoms with van der Waals surface area (Å²) in [6, 6.07) is 14.5. The van der Waals surface area contributed by atoms with Crippen molar-refractivity contribution in [2.24, 2.45) is 0 Å². The Morgan fingerprint density at radius 3 is 2.50 bits per heavy atom. The zero-order valence-corrected chi connectivity index (χ0v) is 10.3. The van der Waals surface area contributed by atoms with Crippen molar-refractivity contribution in [3.63, 3.8) is 0 Å². The molecule has 96 valence electrons. The highest BCUT2D eigenvalue weighted by Crippen LogP contribution is 2.26. The largest absolute Gasteiger partial charge is 0.508 e. The summed E-state index contributed by atoms with van der Waals surface area (Å²) in [7, 11) is 0. The molecule has 20 heavy (non-hydrogen) atoms. The number of aromatic nitrogens is 1. The first-order valence-electron chi connectivity index (χ1n) is 5.97. The van der Waals surface area contributed by atoms with E-state index in [-0.39, 0.29) is 11.1 Å². The first kappa shape index (κ1) is 12.1. The van der Waals surface area contributed by atoms with Gasteiger partial charge in [0.25, 0.3) is 0 Å². The number of nitriles is 1. The molecule has 1 heterocycles. The van der Waals surface area contributed by atoms with Crippen molar-refractivity contribution >= 4 is 10.9 Å². The minimum atomic E-state index is -0.440. The van der Waals surface area contributed by atoms with Crippen LogP contribution in [-0.2, 0) is 0 Å². The van der Waals surface area contributed by atoms with E-state index >= 15 is 0 Å². The van der Waals surface area contributed by atoms with Gasteiger partial charge in [0.05, 0.1) is 22.8 Å². The van der Waals surface area contributed by atoms with E-state index in [1.807, 2.05) is 6.07 Å². The molecule has 1 aromatic heterocycles. The molecule has 2 aromatic carbocycles. The molecule has 0 aliphatic heterocycles. The molecule has 0 radical (unpaired) electrons. The zero-order valence-electron chi connectivity index (χ0n) is 10.3. The van der Waals surface area contributed by atoms with E-state index in [9.17, 15) is 9.50 Å². The predicted octanol–water partition coefficient (Wildman–Crippen LogP) is 3.62. The van der Waals surface area contributed by atoms with Crippen molar-refractivity contribution in [1.82, 2.24) is 4.98 Å². The van der Waals surface area contributed by atoms with Crippen LogP contribution in [0.25, 0.3) is 22.2 Å². The van der Waals surface area contributed by atoms with Crippen LogP contribution in [0.2, 0.25) is 0 Å². The van der Waals surface area contributed by atoms with Gasteiger partial charge in [-0.25, -0.2) is 9.37 Å². The van der Waals surface area contributed by atoms with E-state index in [0.29, 0.717) is 16.8 Å². The molecule has 0 saturated carbocycles. The fourth-order valence-electron chi connectivity index (χ4n) is 2.04. The molecule has 0 saturated heterocycles. The number of fused-ring (bicyclic) bond motifs is 1. The van der Waals surface area contributed by atoms with Crippen LogP contribution in [0, 0.1) is 17.1 Å². The highest BCUT2D eigenvalue weighted by molar-refractivity contribution is 5.83. The van der Waals surface area contributed by atoms with Crippen LogP contribution in [-0.4, -0.2) is 10.1 Å². The Hall–Kier alpha value is -2.93. The minimum absolute atomic E-state index is 0.00400. The molecule has 0 amide bonds. The molecule has 1 N–H and O–H groups in total. The van der Waals surface area contributed by atoms with Crippen LogP contribution < -0.4 is 0 Å². The van der Waals surface area contributed by atoms with Gasteiger partial charge in [0, 0.05) is 17.0 Å². The third-order valence-corrected chi connectivity index (χ3v) is 3.05. The Kier molecular flexibility index (Phi) is 2.81. The summed E-state index contributed by atoms with van der Waals surface area (Å²) in [5.74, 6) is -0.436. The fourth-order valence-corrected chi connectivity index (χ4v) is 2.04. The van der Waals surface area contributed by atoms with E-state index in [1.54, 1.807) is 30.3 Å². The average Bonchev–Trinajstić information content (AvgIpc) is 2.48. The molecule has 3 nitrogen and oxygen atoms in total. The molecular weight excluding hydrogens is 255 g/mol. The van der Waals surface area contributed by atoms with Crippen molar-refractivity contribution in [2.75, 3.05) is 0 Å². The van der Waals surface area contributed by atoms with Gasteiger partial charge in [0.2, 0.25) is 0 Å². The van der Waals surface area contributed by atoms with E-state index in [2.05, 4.69) is 4.98 Å².